The van der Waals surface area contributed by atoms with Gasteiger partial charge in [0.15, 0.2) is 0 Å². The maximum absolute atomic E-state index is 5.45. The molecule has 0 radical (unpaired) electrons. The van der Waals surface area contributed by atoms with Gasteiger partial charge in [0.2, 0.25) is 0 Å². The van der Waals surface area contributed by atoms with Gasteiger partial charge in [-0.05, 0) is 37.0 Å². The summed E-state index contributed by atoms with van der Waals surface area (Å²) < 4.78 is 5.45. The van der Waals surface area contributed by atoms with E-state index in [1.807, 2.05) is 0 Å². The number of benzene rings is 1. The van der Waals surface area contributed by atoms with Crippen molar-refractivity contribution in [2.45, 2.75) is 38.6 Å². The third kappa shape index (κ3) is 2.40. The first-order valence-corrected chi connectivity index (χ1v) is 7.45. The lowest BCUT2D eigenvalue weighted by Crippen LogP contribution is -2.36. The van der Waals surface area contributed by atoms with E-state index in [4.69, 9.17) is 4.74 Å². The van der Waals surface area contributed by atoms with E-state index in [-0.39, 0.29) is 0 Å². The second-order valence-electron chi connectivity index (χ2n) is 5.95. The summed E-state index contributed by atoms with van der Waals surface area (Å²) in [6.45, 7) is 6.12. The fraction of sp³-hybridized carbons (Fsp3) is 0.562. The number of ether oxygens (including phenoxy) is 1. The van der Waals surface area contributed by atoms with Gasteiger partial charge in [0.25, 0.3) is 0 Å². The summed E-state index contributed by atoms with van der Waals surface area (Å²) in [7, 11) is 2.19. The molecule has 1 aliphatic heterocycles. The molecule has 1 fully saturated rings. The second-order valence-corrected chi connectivity index (χ2v) is 5.95. The molecule has 4 heteroatoms. The van der Waals surface area contributed by atoms with Crippen molar-refractivity contribution >= 4 is 16.6 Å². The van der Waals surface area contributed by atoms with Crippen molar-refractivity contribution in [3.8, 4) is 0 Å². The lowest BCUT2D eigenvalue weighted by Gasteiger charge is -2.33. The van der Waals surface area contributed by atoms with E-state index in [9.17, 15) is 0 Å². The van der Waals surface area contributed by atoms with Crippen LogP contribution in [0.4, 0.5) is 5.69 Å². The van der Waals surface area contributed by atoms with Crippen LogP contribution in [0.15, 0.2) is 18.2 Å². The minimum atomic E-state index is 0.437. The van der Waals surface area contributed by atoms with Crippen LogP contribution in [0.5, 0.6) is 0 Å². The molecule has 20 heavy (non-hydrogen) atoms. The van der Waals surface area contributed by atoms with Crippen molar-refractivity contribution in [1.29, 1.82) is 0 Å². The van der Waals surface area contributed by atoms with Gasteiger partial charge >= 0.3 is 0 Å². The van der Waals surface area contributed by atoms with Crippen LogP contribution in [0.2, 0.25) is 0 Å². The van der Waals surface area contributed by atoms with Gasteiger partial charge in [-0.3, -0.25) is 5.10 Å². The SMILES string of the molecule is CC(C)c1n[nH]c2ccc(N(C)C3CCOCC3)cc12. The first-order chi connectivity index (χ1) is 9.66. The van der Waals surface area contributed by atoms with Gasteiger partial charge < -0.3 is 9.64 Å². The average Bonchev–Trinajstić information content (AvgIpc) is 2.90. The molecule has 2 heterocycles. The third-order valence-corrected chi connectivity index (χ3v) is 4.27. The molecule has 0 spiro atoms. The highest BCUT2D eigenvalue weighted by Crippen LogP contribution is 2.28. The Hall–Kier alpha value is -1.55. The molecule has 1 N–H and O–H groups in total. The molecule has 1 saturated heterocycles. The zero-order chi connectivity index (χ0) is 14.1. The highest BCUT2D eigenvalue weighted by molar-refractivity contribution is 5.85. The van der Waals surface area contributed by atoms with Gasteiger partial charge in [0.05, 0.1) is 11.2 Å². The monoisotopic (exact) mass is 273 g/mol. The predicted octanol–water partition coefficient (Wildman–Crippen LogP) is 3.30. The first kappa shape index (κ1) is 13.4. The molecule has 1 aliphatic rings. The van der Waals surface area contributed by atoms with E-state index in [1.165, 1.54) is 11.1 Å². The number of rotatable bonds is 3. The Labute approximate surface area is 120 Å². The molecule has 1 aromatic carbocycles. The summed E-state index contributed by atoms with van der Waals surface area (Å²) in [6, 6.07) is 7.17. The van der Waals surface area contributed by atoms with Crippen LogP contribution < -0.4 is 4.90 Å². The van der Waals surface area contributed by atoms with Crippen LogP contribution in [-0.4, -0.2) is 36.5 Å². The van der Waals surface area contributed by atoms with Crippen molar-refractivity contribution in [1.82, 2.24) is 10.2 Å². The molecular formula is C16H23N3O. The van der Waals surface area contributed by atoms with E-state index in [0.717, 1.165) is 37.3 Å². The second kappa shape index (κ2) is 5.44. The Morgan fingerprint density at radius 2 is 2.05 bits per heavy atom. The molecular weight excluding hydrogens is 250 g/mol. The van der Waals surface area contributed by atoms with Gasteiger partial charge in [-0.15, -0.1) is 0 Å². The third-order valence-electron chi connectivity index (χ3n) is 4.27. The topological polar surface area (TPSA) is 41.2 Å². The smallest absolute Gasteiger partial charge is 0.0726 e. The number of H-pyrrole nitrogens is 1. The van der Waals surface area contributed by atoms with Crippen LogP contribution in [-0.2, 0) is 4.74 Å². The highest BCUT2D eigenvalue weighted by Gasteiger charge is 2.19. The van der Waals surface area contributed by atoms with Gasteiger partial charge in [0, 0.05) is 37.4 Å². The molecule has 108 valence electrons. The Balaban J connectivity index is 1.92. The number of nitrogens with zero attached hydrogens (tertiary/aromatic N) is 2. The van der Waals surface area contributed by atoms with Gasteiger partial charge in [-0.25, -0.2) is 0 Å². The summed E-state index contributed by atoms with van der Waals surface area (Å²) in [5, 5.41) is 8.82. The summed E-state index contributed by atoms with van der Waals surface area (Å²) in [6.07, 6.45) is 2.22. The van der Waals surface area contributed by atoms with Crippen LogP contribution in [0, 0.1) is 0 Å². The Kier molecular flexibility index (Phi) is 3.66. The number of nitrogens with one attached hydrogen (secondary N) is 1. The highest BCUT2D eigenvalue weighted by atomic mass is 16.5. The maximum atomic E-state index is 5.45. The summed E-state index contributed by atoms with van der Waals surface area (Å²) in [5.41, 5.74) is 3.55. The van der Waals surface area contributed by atoms with Crippen molar-refractivity contribution < 1.29 is 4.74 Å². The van der Waals surface area contributed by atoms with Gasteiger partial charge in [-0.2, -0.15) is 5.10 Å². The van der Waals surface area contributed by atoms with E-state index in [0.29, 0.717) is 12.0 Å². The largest absolute Gasteiger partial charge is 0.381 e. The minimum absolute atomic E-state index is 0.437. The molecule has 0 saturated carbocycles. The van der Waals surface area contributed by atoms with E-state index in [1.54, 1.807) is 0 Å². The van der Waals surface area contributed by atoms with Crippen LogP contribution in [0.25, 0.3) is 10.9 Å². The normalized spacial score (nSPS) is 17.0. The molecule has 4 nitrogen and oxygen atoms in total. The molecule has 1 aromatic heterocycles. The number of hydrogen-bond donors (Lipinski definition) is 1. The number of fused-ring (bicyclic) bond motifs is 1. The quantitative estimate of drug-likeness (QED) is 0.933. The Bertz CT molecular complexity index is 584. The molecule has 0 bridgehead atoms. The lowest BCUT2D eigenvalue weighted by atomic mass is 10.0. The summed E-state index contributed by atoms with van der Waals surface area (Å²) in [4.78, 5) is 2.39. The standard InChI is InChI=1S/C16H23N3O/c1-11(2)16-14-10-13(4-5-15(14)17-18-16)19(3)12-6-8-20-9-7-12/h4-5,10-12H,6-9H2,1-3H3,(H,17,18). The number of hydrogen-bond acceptors (Lipinski definition) is 3. The lowest BCUT2D eigenvalue weighted by molar-refractivity contribution is 0.0855. The fourth-order valence-corrected chi connectivity index (χ4v) is 2.97. The zero-order valence-corrected chi connectivity index (χ0v) is 12.5. The van der Waals surface area contributed by atoms with Crippen LogP contribution >= 0.6 is 0 Å². The Morgan fingerprint density at radius 1 is 1.30 bits per heavy atom. The number of aromatic amines is 1. The predicted molar refractivity (Wildman–Crippen MR) is 82.4 cm³/mol. The number of anilines is 1. The molecule has 0 amide bonds. The van der Waals surface area contributed by atoms with E-state index in [2.05, 4.69) is 54.2 Å². The molecule has 0 aliphatic carbocycles. The van der Waals surface area contributed by atoms with E-state index < -0.39 is 0 Å². The van der Waals surface area contributed by atoms with E-state index >= 15 is 0 Å². The first-order valence-electron chi connectivity index (χ1n) is 7.45. The average molecular weight is 273 g/mol. The summed E-state index contributed by atoms with van der Waals surface area (Å²) >= 11 is 0. The van der Waals surface area contributed by atoms with Crippen LogP contribution in [0.3, 0.4) is 0 Å². The molecule has 3 rings (SSSR count). The Morgan fingerprint density at radius 3 is 2.75 bits per heavy atom. The van der Waals surface area contributed by atoms with Crippen molar-refractivity contribution in [2.75, 3.05) is 25.2 Å². The zero-order valence-electron chi connectivity index (χ0n) is 12.5. The summed E-state index contributed by atoms with van der Waals surface area (Å²) in [5.74, 6) is 0.437. The van der Waals surface area contributed by atoms with Crippen molar-refractivity contribution in [3.63, 3.8) is 0 Å². The van der Waals surface area contributed by atoms with Crippen LogP contribution in [0.1, 0.15) is 38.3 Å². The minimum Gasteiger partial charge on any atom is -0.381 e. The maximum Gasteiger partial charge on any atom is 0.0726 e. The molecule has 0 atom stereocenters. The fourth-order valence-electron chi connectivity index (χ4n) is 2.97. The molecule has 0 unspecified atom stereocenters. The van der Waals surface area contributed by atoms with Gasteiger partial charge in [-0.1, -0.05) is 13.8 Å². The molecule has 2 aromatic rings. The van der Waals surface area contributed by atoms with Crippen molar-refractivity contribution in [2.24, 2.45) is 0 Å². The van der Waals surface area contributed by atoms with Crippen molar-refractivity contribution in [3.05, 3.63) is 23.9 Å². The van der Waals surface area contributed by atoms with Gasteiger partial charge in [0.1, 0.15) is 0 Å². The number of aromatic nitrogens is 2.